The number of hydrogen-bond acceptors (Lipinski definition) is 4. The predicted octanol–water partition coefficient (Wildman–Crippen LogP) is 2.50. The van der Waals surface area contributed by atoms with E-state index < -0.39 is 11.8 Å². The minimum absolute atomic E-state index is 0.117. The molecule has 2 N–H and O–H groups in total. The molecule has 2 aromatic heterocycles. The van der Waals surface area contributed by atoms with E-state index in [1.54, 1.807) is 23.2 Å². The number of H-pyrrole nitrogens is 1. The topological polar surface area (TPSA) is 91.0 Å². The fourth-order valence-corrected chi connectivity index (χ4v) is 3.45. The molecule has 2 amide bonds. The number of rotatable bonds is 2. The maximum absolute atomic E-state index is 12.8. The van der Waals surface area contributed by atoms with Crippen molar-refractivity contribution in [2.75, 3.05) is 11.9 Å². The normalized spacial score (nSPS) is 17.8. The highest BCUT2D eigenvalue weighted by Crippen LogP contribution is 2.33. The number of anilines is 1. The molecule has 132 valence electrons. The Morgan fingerprint density at radius 1 is 1.28 bits per heavy atom. The summed E-state index contributed by atoms with van der Waals surface area (Å²) in [4.78, 5) is 31.0. The van der Waals surface area contributed by atoms with E-state index in [4.69, 9.17) is 0 Å². The highest BCUT2D eigenvalue weighted by Gasteiger charge is 2.33. The van der Waals surface area contributed by atoms with Gasteiger partial charge < -0.3 is 10.2 Å². The van der Waals surface area contributed by atoms with Crippen LogP contribution in [0.3, 0.4) is 0 Å². The Kier molecular flexibility index (Phi) is 5.11. The fourth-order valence-electron chi connectivity index (χ4n) is 3.45. The summed E-state index contributed by atoms with van der Waals surface area (Å²) in [6, 6.07) is 3.31. The molecule has 7 heteroatoms. The van der Waals surface area contributed by atoms with Crippen molar-refractivity contribution in [3.05, 3.63) is 41.5 Å². The molecule has 1 aliphatic heterocycles. The van der Waals surface area contributed by atoms with E-state index in [1.165, 1.54) is 6.20 Å². The number of carbonyl (C=O) groups is 2. The van der Waals surface area contributed by atoms with E-state index >= 15 is 0 Å². The van der Waals surface area contributed by atoms with Gasteiger partial charge in [0.25, 0.3) is 0 Å². The maximum atomic E-state index is 12.8. The molecule has 0 spiro atoms. The van der Waals surface area contributed by atoms with Crippen molar-refractivity contribution in [1.82, 2.24) is 20.1 Å². The molecule has 3 rings (SSSR count). The molecule has 1 fully saturated rings. The van der Waals surface area contributed by atoms with Crippen LogP contribution in [-0.2, 0) is 9.59 Å². The molecule has 3 heterocycles. The number of aromatic nitrogens is 3. The summed E-state index contributed by atoms with van der Waals surface area (Å²) < 4.78 is 0. The lowest BCUT2D eigenvalue weighted by molar-refractivity contribution is -0.144. The van der Waals surface area contributed by atoms with Crippen molar-refractivity contribution in [3.8, 4) is 0 Å². The molecule has 1 saturated heterocycles. The number of aromatic amines is 1. The first-order valence-electron chi connectivity index (χ1n) is 8.61. The van der Waals surface area contributed by atoms with Gasteiger partial charge in [-0.3, -0.25) is 19.7 Å². The second-order valence-electron chi connectivity index (χ2n) is 6.41. The number of amides is 2. The van der Waals surface area contributed by atoms with E-state index in [0.717, 1.165) is 42.6 Å². The largest absolute Gasteiger partial charge is 0.327 e. The van der Waals surface area contributed by atoms with Crippen LogP contribution < -0.4 is 5.32 Å². The molecule has 0 aliphatic carbocycles. The summed E-state index contributed by atoms with van der Waals surface area (Å²) >= 11 is 0. The van der Waals surface area contributed by atoms with E-state index in [-0.39, 0.29) is 6.04 Å². The van der Waals surface area contributed by atoms with Gasteiger partial charge in [0.05, 0.1) is 23.6 Å². The van der Waals surface area contributed by atoms with Crippen LogP contribution >= 0.6 is 0 Å². The summed E-state index contributed by atoms with van der Waals surface area (Å²) in [5.41, 5.74) is 3.39. The van der Waals surface area contributed by atoms with Crippen LogP contribution in [0, 0.1) is 13.8 Å². The van der Waals surface area contributed by atoms with Gasteiger partial charge in [-0.1, -0.05) is 12.8 Å². The Bertz CT molecular complexity index is 737. The molecular formula is C18H23N5O2. The van der Waals surface area contributed by atoms with Crippen molar-refractivity contribution in [3.63, 3.8) is 0 Å². The van der Waals surface area contributed by atoms with Gasteiger partial charge >= 0.3 is 11.8 Å². The van der Waals surface area contributed by atoms with E-state index in [0.29, 0.717) is 12.2 Å². The van der Waals surface area contributed by atoms with Gasteiger partial charge in [0.2, 0.25) is 0 Å². The smallest absolute Gasteiger partial charge is 0.313 e. The zero-order valence-electron chi connectivity index (χ0n) is 14.6. The molecule has 1 atom stereocenters. The first kappa shape index (κ1) is 17.1. The van der Waals surface area contributed by atoms with Crippen molar-refractivity contribution < 1.29 is 9.59 Å². The molecule has 2 aromatic rings. The first-order valence-corrected chi connectivity index (χ1v) is 8.61. The summed E-state index contributed by atoms with van der Waals surface area (Å²) in [7, 11) is 0. The molecule has 25 heavy (non-hydrogen) atoms. The lowest BCUT2D eigenvalue weighted by Gasteiger charge is -2.30. The molecule has 7 nitrogen and oxygen atoms in total. The van der Waals surface area contributed by atoms with Crippen LogP contribution in [0.1, 0.15) is 48.7 Å². The third-order valence-electron chi connectivity index (χ3n) is 4.65. The highest BCUT2D eigenvalue weighted by atomic mass is 16.2. The molecular weight excluding hydrogens is 318 g/mol. The highest BCUT2D eigenvalue weighted by molar-refractivity contribution is 6.39. The van der Waals surface area contributed by atoms with Crippen LogP contribution in [0.25, 0.3) is 0 Å². The summed E-state index contributed by atoms with van der Waals surface area (Å²) in [6.45, 7) is 4.47. The minimum atomic E-state index is -0.626. The maximum Gasteiger partial charge on any atom is 0.313 e. The first-order chi connectivity index (χ1) is 12.1. The van der Waals surface area contributed by atoms with Crippen LogP contribution in [0.4, 0.5) is 5.69 Å². The Morgan fingerprint density at radius 3 is 2.80 bits per heavy atom. The van der Waals surface area contributed by atoms with Gasteiger partial charge in [-0.15, -0.1) is 0 Å². The fraction of sp³-hybridized carbons (Fsp3) is 0.444. The Hall–Kier alpha value is -2.70. The number of nitrogens with one attached hydrogen (secondary N) is 2. The zero-order valence-corrected chi connectivity index (χ0v) is 14.6. The van der Waals surface area contributed by atoms with Crippen molar-refractivity contribution >= 4 is 17.5 Å². The number of likely N-dealkylation sites (tertiary alicyclic amines) is 1. The zero-order chi connectivity index (χ0) is 17.8. The van der Waals surface area contributed by atoms with Crippen molar-refractivity contribution in [2.24, 2.45) is 0 Å². The molecule has 1 aliphatic rings. The molecule has 0 bridgehead atoms. The number of nitrogens with zero attached hydrogens (tertiary/aromatic N) is 3. The van der Waals surface area contributed by atoms with Crippen LogP contribution in [0.5, 0.6) is 0 Å². The third kappa shape index (κ3) is 3.70. The van der Waals surface area contributed by atoms with Gasteiger partial charge in [-0.05, 0) is 38.8 Å². The Labute approximate surface area is 146 Å². The van der Waals surface area contributed by atoms with Gasteiger partial charge in [0.15, 0.2) is 0 Å². The predicted molar refractivity (Wildman–Crippen MR) is 93.9 cm³/mol. The summed E-state index contributed by atoms with van der Waals surface area (Å²) in [5.74, 6) is -1.13. The van der Waals surface area contributed by atoms with Gasteiger partial charge in [0.1, 0.15) is 0 Å². The van der Waals surface area contributed by atoms with Crippen LogP contribution in [0.2, 0.25) is 0 Å². The van der Waals surface area contributed by atoms with Gasteiger partial charge in [-0.25, -0.2) is 0 Å². The van der Waals surface area contributed by atoms with E-state index in [2.05, 4.69) is 20.5 Å². The van der Waals surface area contributed by atoms with E-state index in [1.807, 2.05) is 13.8 Å². The SMILES string of the molecule is Cc1n[nH]c(C)c1[C@H]1CCCCCN1C(=O)C(=O)Nc1cccnc1. The van der Waals surface area contributed by atoms with Crippen LogP contribution in [-0.4, -0.2) is 38.4 Å². The second-order valence-corrected chi connectivity index (χ2v) is 6.41. The second kappa shape index (κ2) is 7.46. The number of hydrogen-bond donors (Lipinski definition) is 2. The van der Waals surface area contributed by atoms with Crippen LogP contribution in [0.15, 0.2) is 24.5 Å². The Morgan fingerprint density at radius 2 is 2.12 bits per heavy atom. The van der Waals surface area contributed by atoms with Gasteiger partial charge in [-0.2, -0.15) is 5.10 Å². The minimum Gasteiger partial charge on any atom is -0.327 e. The van der Waals surface area contributed by atoms with Crippen molar-refractivity contribution in [1.29, 1.82) is 0 Å². The standard InChI is InChI=1S/C18H23N5O2/c1-12-16(13(2)22-21-12)15-8-4-3-5-10-23(15)18(25)17(24)20-14-7-6-9-19-11-14/h6-7,9,11,15H,3-5,8,10H2,1-2H3,(H,20,24)(H,21,22)/t15-/m1/s1. The average molecular weight is 341 g/mol. The van der Waals surface area contributed by atoms with Gasteiger partial charge in [0, 0.05) is 24.0 Å². The monoisotopic (exact) mass is 341 g/mol. The number of pyridine rings is 1. The lowest BCUT2D eigenvalue weighted by Crippen LogP contribution is -2.42. The third-order valence-corrected chi connectivity index (χ3v) is 4.65. The number of carbonyl (C=O) groups excluding carboxylic acids is 2. The average Bonchev–Trinajstić information content (AvgIpc) is 2.81. The molecule has 0 aromatic carbocycles. The molecule has 0 radical (unpaired) electrons. The van der Waals surface area contributed by atoms with E-state index in [9.17, 15) is 9.59 Å². The quantitative estimate of drug-likeness (QED) is 0.821. The lowest BCUT2D eigenvalue weighted by atomic mass is 9.99. The summed E-state index contributed by atoms with van der Waals surface area (Å²) in [5, 5.41) is 9.88. The number of aryl methyl sites for hydroxylation is 2. The Balaban J connectivity index is 1.83. The summed E-state index contributed by atoms with van der Waals surface area (Å²) in [6.07, 6.45) is 6.97. The molecule has 0 unspecified atom stereocenters. The van der Waals surface area contributed by atoms with Crippen molar-refractivity contribution in [2.45, 2.75) is 45.6 Å². The molecule has 0 saturated carbocycles.